The largest absolute Gasteiger partial charge is 0.508 e. The molecule has 2 saturated heterocycles. The van der Waals surface area contributed by atoms with E-state index in [1.54, 1.807) is 65.6 Å². The first kappa shape index (κ1) is 59.6. The average molecular weight is 1090 g/mol. The number of benzene rings is 1. The highest BCUT2D eigenvalue weighted by Gasteiger charge is 2.59. The van der Waals surface area contributed by atoms with Gasteiger partial charge in [0.15, 0.2) is 12.4 Å². The Hall–Kier alpha value is -5.47. The summed E-state index contributed by atoms with van der Waals surface area (Å²) in [6.45, 7) is 18.8. The lowest BCUT2D eigenvalue weighted by molar-refractivity contribution is -0.671. The van der Waals surface area contributed by atoms with Crippen LogP contribution in [0.3, 0.4) is 0 Å². The van der Waals surface area contributed by atoms with Gasteiger partial charge in [0.2, 0.25) is 17.7 Å². The van der Waals surface area contributed by atoms with Crippen LogP contribution in [0.4, 0.5) is 4.79 Å². The number of aromatic nitrogens is 1. The monoisotopic (exact) mass is 1090 g/mol. The maximum absolute atomic E-state index is 14.8. The Labute approximate surface area is 471 Å². The van der Waals surface area contributed by atoms with E-state index < -0.39 is 53.6 Å². The Balaban J connectivity index is 0.953. The van der Waals surface area contributed by atoms with Crippen LogP contribution in [0, 0.1) is 46.3 Å². The third-order valence-electron chi connectivity index (χ3n) is 19.6. The molecule has 8 rings (SSSR count). The molecule has 3 saturated carbocycles. The summed E-state index contributed by atoms with van der Waals surface area (Å²) in [5, 5.41) is 18.9. The number of phenols is 1. The van der Waals surface area contributed by atoms with E-state index in [9.17, 15) is 33.9 Å². The van der Waals surface area contributed by atoms with Crippen molar-refractivity contribution in [3.63, 3.8) is 0 Å². The van der Waals surface area contributed by atoms with Gasteiger partial charge in [-0.05, 0) is 181 Å². The predicted molar refractivity (Wildman–Crippen MR) is 303 cm³/mol. The summed E-state index contributed by atoms with van der Waals surface area (Å²) in [5.74, 6) is 2.22. The van der Waals surface area contributed by atoms with Gasteiger partial charge >= 0.3 is 12.1 Å². The molecule has 0 unspecified atom stereocenters. The second kappa shape index (κ2) is 25.5. The van der Waals surface area contributed by atoms with E-state index >= 15 is 0 Å². The number of nitrogens with one attached hydrogen (secondary N) is 3. The number of alkyl carbamates (subject to hydrolysis) is 1. The normalized spacial score (nSPS) is 28.6. The van der Waals surface area contributed by atoms with E-state index in [4.69, 9.17) is 9.47 Å². The van der Waals surface area contributed by atoms with Gasteiger partial charge in [-0.25, -0.2) is 14.2 Å². The molecule has 15 nitrogen and oxygen atoms in total. The standard InChI is InChI=1S/C64H94N6O9/c1-41(2)16-12-17-42(3)49-28-29-50-48-27-24-45-39-47(30-32-63(45,7)51(48)31-33-64(49,50)8)78-60(76)52(19-10-11-34-65-61(77)79-62(4,5)6)66-56(72)53(38-43-22-25-46(71)26-23-43)67-57(73)54-20-14-36-69(54)59(75)55-21-15-37-70(55)58(74)44-18-13-35-68(9)40-44/h13,18,22-26,35,40-42,47-55H,10-12,14-17,19-21,27-34,36-39H2,1-9H3,(H3-,65,66,67,71,72,73,77)/p+1/t42-,47+,48+,49-,50+,51+,52+,53+,54+,55+,63+,64-/m1/s1. The summed E-state index contributed by atoms with van der Waals surface area (Å²) in [6.07, 6.45) is 21.1. The molecular formula is C64H95N6O9+. The lowest BCUT2D eigenvalue weighted by Gasteiger charge is -2.58. The Morgan fingerprint density at radius 1 is 0.810 bits per heavy atom. The average Bonchev–Trinajstić information content (AvgIpc) is 4.35. The maximum Gasteiger partial charge on any atom is 0.407 e. The number of fused-ring (bicyclic) bond motifs is 5. The Morgan fingerprint density at radius 2 is 1.54 bits per heavy atom. The molecule has 0 bridgehead atoms. The van der Waals surface area contributed by atoms with Gasteiger partial charge in [0.1, 0.15) is 54.2 Å². The van der Waals surface area contributed by atoms with Crippen molar-refractivity contribution in [1.29, 1.82) is 0 Å². The second-order valence-corrected chi connectivity index (χ2v) is 26.6. The van der Waals surface area contributed by atoms with Gasteiger partial charge in [-0.3, -0.25) is 19.2 Å². The molecule has 15 heteroatoms. The molecule has 0 spiro atoms. The van der Waals surface area contributed by atoms with Gasteiger partial charge in [-0.1, -0.05) is 77.7 Å². The topological polar surface area (TPSA) is 188 Å². The Bertz CT molecular complexity index is 2520. The predicted octanol–water partition coefficient (Wildman–Crippen LogP) is 9.67. The highest BCUT2D eigenvalue weighted by atomic mass is 16.6. The Morgan fingerprint density at radius 3 is 2.27 bits per heavy atom. The molecule has 79 heavy (non-hydrogen) atoms. The first-order valence-electron chi connectivity index (χ1n) is 30.4. The Kier molecular flexibility index (Phi) is 19.3. The fraction of sp³-hybridized carbons (Fsp3) is 0.703. The number of aryl methyl sites for hydroxylation is 1. The minimum Gasteiger partial charge on any atom is -0.508 e. The number of phenolic OH excluding ortho intramolecular Hbond substituents is 1. The fourth-order valence-corrected chi connectivity index (χ4v) is 15.5. The molecule has 2 aromatic rings. The first-order chi connectivity index (χ1) is 37.5. The van der Waals surface area contributed by atoms with E-state index in [-0.39, 0.29) is 41.9 Å². The quantitative estimate of drug-likeness (QED) is 0.0433. The minimum atomic E-state index is -1.17. The zero-order valence-electron chi connectivity index (χ0n) is 49.2. The van der Waals surface area contributed by atoms with Crippen LogP contribution >= 0.6 is 0 Å². The SMILES string of the molecule is CC(C)CCC[C@@H](C)[C@H]1CC[C@H]2[C@@H]3CC=C4C[C@@H](OC(=O)[C@H](CCCCNC(=O)OC(C)(C)C)NC(=O)[C@H](Cc5ccc(O)cc5)NC(=O)[C@@H]5CCCN5C(=O)[C@@H]5CCCN5C(=O)c5ccc[n+](C)c5)CC[C@]4(C)[C@H]3CC[C@]12C. The van der Waals surface area contributed by atoms with E-state index in [1.807, 2.05) is 13.2 Å². The van der Waals surface area contributed by atoms with Crippen LogP contribution in [-0.2, 0) is 42.1 Å². The third-order valence-corrected chi connectivity index (χ3v) is 19.6. The van der Waals surface area contributed by atoms with Crippen molar-refractivity contribution < 1.29 is 47.9 Å². The van der Waals surface area contributed by atoms with Crippen molar-refractivity contribution in [2.45, 2.75) is 213 Å². The number of hydrogen-bond donors (Lipinski definition) is 4. The van der Waals surface area contributed by atoms with Crippen LogP contribution in [0.5, 0.6) is 5.75 Å². The van der Waals surface area contributed by atoms with Crippen LogP contribution in [0.1, 0.15) is 187 Å². The van der Waals surface area contributed by atoms with Crippen LogP contribution in [-0.4, -0.2) is 106 Å². The number of hydrogen-bond acceptors (Lipinski definition) is 9. The van der Waals surface area contributed by atoms with Crippen molar-refractivity contribution in [3.8, 4) is 5.75 Å². The molecule has 6 aliphatic rings. The number of nitrogens with zero attached hydrogens (tertiary/aromatic N) is 3. The molecule has 4 N–H and O–H groups in total. The van der Waals surface area contributed by atoms with Crippen LogP contribution in [0.15, 0.2) is 60.4 Å². The molecular weight excluding hydrogens is 997 g/mol. The van der Waals surface area contributed by atoms with Crippen molar-refractivity contribution in [2.24, 2.45) is 53.4 Å². The summed E-state index contributed by atoms with van der Waals surface area (Å²) < 4.78 is 13.7. The highest BCUT2D eigenvalue weighted by molar-refractivity contribution is 5.99. The molecule has 5 amide bonds. The molecule has 12 atom stereocenters. The van der Waals surface area contributed by atoms with Gasteiger partial charge < -0.3 is 40.3 Å². The molecule has 1 aromatic heterocycles. The van der Waals surface area contributed by atoms with Gasteiger partial charge in [-0.15, -0.1) is 0 Å². The van der Waals surface area contributed by atoms with Crippen LogP contribution < -0.4 is 20.5 Å². The molecule has 4 aliphatic carbocycles. The fourth-order valence-electron chi connectivity index (χ4n) is 15.5. The summed E-state index contributed by atoms with van der Waals surface area (Å²) in [7, 11) is 1.84. The van der Waals surface area contributed by atoms with Crippen LogP contribution in [0.2, 0.25) is 0 Å². The van der Waals surface area contributed by atoms with E-state index in [0.29, 0.717) is 93.0 Å². The molecule has 5 fully saturated rings. The number of likely N-dealkylation sites (tertiary alicyclic amines) is 2. The maximum atomic E-state index is 14.8. The molecule has 0 radical (unpaired) electrons. The molecule has 434 valence electrons. The smallest absolute Gasteiger partial charge is 0.407 e. The van der Waals surface area contributed by atoms with Gasteiger partial charge in [0.05, 0.1) is 0 Å². The van der Waals surface area contributed by atoms with Gasteiger partial charge in [-0.2, -0.15) is 0 Å². The van der Waals surface area contributed by atoms with E-state index in [1.165, 1.54) is 62.7 Å². The zero-order chi connectivity index (χ0) is 56.8. The van der Waals surface area contributed by atoms with Crippen molar-refractivity contribution in [1.82, 2.24) is 25.8 Å². The number of aromatic hydroxyl groups is 1. The summed E-state index contributed by atoms with van der Waals surface area (Å²) in [5.41, 5.74) is 2.33. The number of carbonyl (C=O) groups excluding carboxylic acids is 6. The number of ether oxygens (including phenoxy) is 2. The van der Waals surface area contributed by atoms with E-state index in [2.05, 4.69) is 56.6 Å². The van der Waals surface area contributed by atoms with Crippen molar-refractivity contribution in [2.75, 3.05) is 19.6 Å². The third kappa shape index (κ3) is 14.2. The second-order valence-electron chi connectivity index (χ2n) is 26.6. The van der Waals surface area contributed by atoms with Crippen LogP contribution in [0.25, 0.3) is 0 Å². The molecule has 3 heterocycles. The highest BCUT2D eigenvalue weighted by Crippen LogP contribution is 2.67. The lowest BCUT2D eigenvalue weighted by atomic mass is 9.47. The molecule has 1 aromatic carbocycles. The number of unbranched alkanes of at least 4 members (excludes halogenated alkanes) is 1. The zero-order valence-corrected chi connectivity index (χ0v) is 49.2. The van der Waals surface area contributed by atoms with Gasteiger partial charge in [0.25, 0.3) is 5.91 Å². The number of esters is 1. The minimum absolute atomic E-state index is 0.0367. The number of carbonyl (C=O) groups is 6. The van der Waals surface area contributed by atoms with Crippen molar-refractivity contribution >= 4 is 35.7 Å². The summed E-state index contributed by atoms with van der Waals surface area (Å²) in [4.78, 5) is 87.7. The number of rotatable bonds is 20. The van der Waals surface area contributed by atoms with E-state index in [0.717, 1.165) is 42.9 Å². The number of allylic oxidation sites excluding steroid dienone is 1. The number of pyridine rings is 1. The first-order valence-corrected chi connectivity index (χ1v) is 30.4. The van der Waals surface area contributed by atoms with Gasteiger partial charge in [0, 0.05) is 38.5 Å². The molecule has 2 aliphatic heterocycles. The van der Waals surface area contributed by atoms with Crippen molar-refractivity contribution in [3.05, 3.63) is 71.6 Å². The number of amides is 5. The summed E-state index contributed by atoms with van der Waals surface area (Å²) in [6, 6.07) is 6.09. The summed E-state index contributed by atoms with van der Waals surface area (Å²) >= 11 is 0. The lowest BCUT2D eigenvalue weighted by Crippen LogP contribution is -2.57.